The fraction of sp³-hybridized carbons (Fsp3) is 0.250. The summed E-state index contributed by atoms with van der Waals surface area (Å²) >= 11 is 9.48. The summed E-state index contributed by atoms with van der Waals surface area (Å²) in [5.41, 5.74) is 0. The van der Waals surface area contributed by atoms with E-state index in [2.05, 4.69) is 22.4 Å². The first-order valence-electron chi connectivity index (χ1n) is 4.46. The summed E-state index contributed by atoms with van der Waals surface area (Å²) < 4.78 is 4.06. The highest BCUT2D eigenvalue weighted by atomic mass is 33.7. The first-order chi connectivity index (χ1) is 7.74. The number of benzene rings is 1. The number of hydrogen-bond donors (Lipinski definition) is 0. The van der Waals surface area contributed by atoms with Crippen LogP contribution in [0.1, 0.15) is 0 Å². The smallest absolute Gasteiger partial charge is 0.198 e. The first-order valence-corrected chi connectivity index (χ1v) is 12.6. The molecular weight excluding hydrogens is 298 g/mol. The minimum atomic E-state index is -1.32. The summed E-state index contributed by atoms with van der Waals surface area (Å²) in [5, 5.41) is 8.64. The van der Waals surface area contributed by atoms with Gasteiger partial charge in [0, 0.05) is 19.3 Å². The van der Waals surface area contributed by atoms with Gasteiger partial charge < -0.3 is 4.74 Å². The Morgan fingerprint density at radius 3 is 2.56 bits per heavy atom. The Hall–Kier alpha value is 0.400. The number of nitrogens with zero attached hydrogens (tertiary/aromatic N) is 2. The third kappa shape index (κ3) is 2.99. The van der Waals surface area contributed by atoms with E-state index in [1.165, 1.54) is 5.30 Å². The maximum absolute atomic E-state index is 5.62. The van der Waals surface area contributed by atoms with Crippen LogP contribution in [0.15, 0.2) is 34.5 Å². The van der Waals surface area contributed by atoms with Crippen molar-refractivity contribution in [1.82, 2.24) is 0 Å². The molecule has 0 atom stereocenters. The lowest BCUT2D eigenvalue weighted by molar-refractivity contribution is 0.323. The van der Waals surface area contributed by atoms with Crippen molar-refractivity contribution in [2.24, 2.45) is 10.2 Å². The van der Waals surface area contributed by atoms with E-state index >= 15 is 0 Å². The van der Waals surface area contributed by atoms with Gasteiger partial charge >= 0.3 is 0 Å². The predicted octanol–water partition coefficient (Wildman–Crippen LogP) is 4.03. The molecule has 0 aromatic heterocycles. The predicted molar refractivity (Wildman–Crippen MR) is 80.1 cm³/mol. The van der Waals surface area contributed by atoms with E-state index in [0.29, 0.717) is 0 Å². The fourth-order valence-electron chi connectivity index (χ4n) is 1.10. The van der Waals surface area contributed by atoms with E-state index < -0.39 is 4.44 Å². The standard InChI is InChI=1S/C8H10N2OP2S3/c1-9-10-6-11-7-2-4-8(5-3-7)13(14)15-12-16-13/h2-5,12H,6H2,1H3. The van der Waals surface area contributed by atoms with E-state index in [4.69, 9.17) is 16.5 Å². The normalized spacial score (nSPS) is 25.8. The van der Waals surface area contributed by atoms with Gasteiger partial charge in [0.15, 0.2) is 6.73 Å². The van der Waals surface area contributed by atoms with E-state index in [9.17, 15) is 0 Å². The molecule has 8 heteroatoms. The van der Waals surface area contributed by atoms with Gasteiger partial charge in [-0.25, -0.2) is 0 Å². The van der Waals surface area contributed by atoms with Crippen LogP contribution < -0.4 is 10.0 Å². The average Bonchev–Trinajstić information content (AvgIpc) is 2.27. The molecule has 1 aromatic carbocycles. The maximum Gasteiger partial charge on any atom is 0.198 e. The molecule has 0 bridgehead atoms. The molecule has 0 N–H and O–H groups in total. The second-order valence-electron chi connectivity index (χ2n) is 2.87. The van der Waals surface area contributed by atoms with Crippen molar-refractivity contribution in [1.29, 1.82) is 0 Å². The van der Waals surface area contributed by atoms with Gasteiger partial charge in [0.1, 0.15) is 5.75 Å². The summed E-state index contributed by atoms with van der Waals surface area (Å²) in [6.07, 6.45) is 0. The zero-order valence-electron chi connectivity index (χ0n) is 8.49. The molecule has 0 amide bonds. The average molecular weight is 308 g/mol. The highest BCUT2D eigenvalue weighted by Crippen LogP contribution is 2.92. The van der Waals surface area contributed by atoms with Gasteiger partial charge in [-0.3, -0.25) is 0 Å². The van der Waals surface area contributed by atoms with Crippen molar-refractivity contribution in [2.75, 3.05) is 13.8 Å². The van der Waals surface area contributed by atoms with Gasteiger partial charge in [0.25, 0.3) is 0 Å². The lowest BCUT2D eigenvalue weighted by atomic mass is 10.3. The van der Waals surface area contributed by atoms with Crippen LogP contribution in [0.2, 0.25) is 0 Å². The van der Waals surface area contributed by atoms with Crippen molar-refractivity contribution in [2.45, 2.75) is 0 Å². The summed E-state index contributed by atoms with van der Waals surface area (Å²) in [5.74, 6) is 0.815. The lowest BCUT2D eigenvalue weighted by Gasteiger charge is -2.28. The molecule has 2 rings (SSSR count). The zero-order valence-corrected chi connectivity index (χ0v) is 12.8. The van der Waals surface area contributed by atoms with E-state index in [-0.39, 0.29) is 6.73 Å². The molecule has 0 spiro atoms. The van der Waals surface area contributed by atoms with Gasteiger partial charge in [-0.2, -0.15) is 10.2 Å². The van der Waals surface area contributed by atoms with Crippen LogP contribution in [0.4, 0.5) is 0 Å². The van der Waals surface area contributed by atoms with Crippen LogP contribution in [-0.4, -0.2) is 13.8 Å². The number of ether oxygens (including phenoxy) is 1. The summed E-state index contributed by atoms with van der Waals surface area (Å²) in [7, 11) is 1.63. The maximum atomic E-state index is 5.62. The van der Waals surface area contributed by atoms with Crippen LogP contribution in [0.3, 0.4) is 0 Å². The highest BCUT2D eigenvalue weighted by molar-refractivity contribution is 9.39. The van der Waals surface area contributed by atoms with E-state index in [1.807, 2.05) is 34.1 Å². The molecule has 0 aliphatic carbocycles. The molecule has 0 saturated carbocycles. The molecule has 3 nitrogen and oxygen atoms in total. The van der Waals surface area contributed by atoms with Crippen molar-refractivity contribution >= 4 is 50.5 Å². The Balaban J connectivity index is 2.02. The quantitative estimate of drug-likeness (QED) is 0.621. The molecule has 1 saturated heterocycles. The topological polar surface area (TPSA) is 34.0 Å². The number of azo groups is 1. The van der Waals surface area contributed by atoms with E-state index in [0.717, 1.165) is 12.7 Å². The molecule has 86 valence electrons. The van der Waals surface area contributed by atoms with Crippen LogP contribution in [0.5, 0.6) is 5.75 Å². The first kappa shape index (κ1) is 12.8. The molecule has 1 aliphatic rings. The Morgan fingerprint density at radius 2 is 2.06 bits per heavy atom. The summed E-state index contributed by atoms with van der Waals surface area (Å²) in [4.78, 5) is 0. The Kier molecular flexibility index (Phi) is 4.68. The van der Waals surface area contributed by atoms with Gasteiger partial charge in [0.05, 0.1) is 4.44 Å². The molecule has 16 heavy (non-hydrogen) atoms. The third-order valence-electron chi connectivity index (χ3n) is 1.90. The van der Waals surface area contributed by atoms with Gasteiger partial charge in [0.2, 0.25) is 0 Å². The Labute approximate surface area is 109 Å². The van der Waals surface area contributed by atoms with Crippen LogP contribution in [0, 0.1) is 0 Å². The molecule has 1 aliphatic heterocycles. The van der Waals surface area contributed by atoms with Gasteiger partial charge in [-0.05, 0) is 24.3 Å². The fourth-order valence-corrected chi connectivity index (χ4v) is 18.8. The molecule has 0 radical (unpaired) electrons. The van der Waals surface area contributed by atoms with Crippen molar-refractivity contribution in [3.05, 3.63) is 24.3 Å². The minimum Gasteiger partial charge on any atom is -0.470 e. The molecular formula is C8H10N2OP2S3. The molecule has 1 fully saturated rings. The number of rotatable bonds is 4. The van der Waals surface area contributed by atoms with Crippen molar-refractivity contribution in [3.63, 3.8) is 0 Å². The largest absolute Gasteiger partial charge is 0.470 e. The van der Waals surface area contributed by atoms with Crippen molar-refractivity contribution in [3.8, 4) is 5.75 Å². The Bertz CT molecular complexity index is 429. The second kappa shape index (κ2) is 5.83. The number of hydrogen-bond acceptors (Lipinski definition) is 6. The van der Waals surface area contributed by atoms with Gasteiger partial charge in [-0.15, -0.1) is 0 Å². The van der Waals surface area contributed by atoms with Gasteiger partial charge in [-0.1, -0.05) is 33.8 Å². The monoisotopic (exact) mass is 308 g/mol. The lowest BCUT2D eigenvalue weighted by Crippen LogP contribution is -2.01. The van der Waals surface area contributed by atoms with Crippen molar-refractivity contribution < 1.29 is 4.74 Å². The molecule has 1 heterocycles. The molecule has 0 unspecified atom stereocenters. The highest BCUT2D eigenvalue weighted by Gasteiger charge is 2.29. The van der Waals surface area contributed by atoms with E-state index in [1.54, 1.807) is 7.05 Å². The summed E-state index contributed by atoms with van der Waals surface area (Å²) in [6.45, 7) is 1.19. The third-order valence-corrected chi connectivity index (χ3v) is 25.0. The van der Waals surface area contributed by atoms with Crippen LogP contribution >= 0.6 is 33.4 Å². The second-order valence-corrected chi connectivity index (χ2v) is 18.3. The SMILES string of the molecule is CN=NCOc1ccc(P2(=S)SPS2)cc1. The summed E-state index contributed by atoms with van der Waals surface area (Å²) in [6, 6.07) is 8.06. The zero-order chi connectivity index (χ0) is 11.4. The molecule has 1 aromatic rings. The van der Waals surface area contributed by atoms with Crippen LogP contribution in [-0.2, 0) is 11.8 Å². The Morgan fingerprint density at radius 1 is 1.38 bits per heavy atom. The minimum absolute atomic E-state index is 0.273. The van der Waals surface area contributed by atoms with Crippen LogP contribution in [0.25, 0.3) is 0 Å².